The molecule has 8 nitrogen and oxygen atoms in total. The fourth-order valence-electron chi connectivity index (χ4n) is 7.31. The number of aliphatic hydroxyl groups is 1. The van der Waals surface area contributed by atoms with Crippen molar-refractivity contribution in [1.82, 2.24) is 4.90 Å². The third-order valence-corrected chi connectivity index (χ3v) is 10.8. The fraction of sp³-hybridized carbons (Fsp3) is 0.936. The second kappa shape index (κ2) is 41.9. The molecule has 55 heavy (non-hydrogen) atoms. The average molecular weight is 782 g/mol. The quantitative estimate of drug-likeness (QED) is 0.0371. The van der Waals surface area contributed by atoms with Gasteiger partial charge in [0.2, 0.25) is 0 Å². The van der Waals surface area contributed by atoms with E-state index in [0.29, 0.717) is 19.4 Å². The molecule has 0 spiro atoms. The Kier molecular flexibility index (Phi) is 40.7. The molecule has 0 saturated heterocycles. The standard InChI is InChI=1S/C47H91NO7/c1-5-7-9-11-17-24-34-45(35-25-18-12-10-8-6-2)55-47(52)37-26-19-15-20-28-38-48(40-30-31-41-49)39-29-22-27-36-46(51)54-43(3)33-23-16-13-14-21-32-42-53-44(4)50/h43,45,49H,5-42H2,1-4H3. The van der Waals surface area contributed by atoms with Gasteiger partial charge in [0, 0.05) is 26.4 Å². The average Bonchev–Trinajstić information content (AvgIpc) is 3.15. The highest BCUT2D eigenvalue weighted by Crippen LogP contribution is 2.19. The lowest BCUT2D eigenvalue weighted by Crippen LogP contribution is -2.27. The van der Waals surface area contributed by atoms with Crippen LogP contribution in [0.15, 0.2) is 0 Å². The summed E-state index contributed by atoms with van der Waals surface area (Å²) in [6.07, 6.45) is 36.2. The van der Waals surface area contributed by atoms with Gasteiger partial charge in [0.1, 0.15) is 6.10 Å². The van der Waals surface area contributed by atoms with Gasteiger partial charge in [0.15, 0.2) is 0 Å². The molecule has 8 heteroatoms. The summed E-state index contributed by atoms with van der Waals surface area (Å²) < 4.78 is 16.7. The van der Waals surface area contributed by atoms with Gasteiger partial charge in [0.05, 0.1) is 12.7 Å². The number of nitrogens with zero attached hydrogens (tertiary/aromatic N) is 1. The molecule has 1 atom stereocenters. The number of carbonyl (C=O) groups excluding carboxylic acids is 3. The fourth-order valence-corrected chi connectivity index (χ4v) is 7.31. The molecule has 0 amide bonds. The number of ether oxygens (including phenoxy) is 3. The van der Waals surface area contributed by atoms with E-state index >= 15 is 0 Å². The van der Waals surface area contributed by atoms with E-state index in [4.69, 9.17) is 14.2 Å². The molecule has 0 aromatic heterocycles. The minimum absolute atomic E-state index is 0.00749. The van der Waals surface area contributed by atoms with Crippen molar-refractivity contribution in [2.75, 3.05) is 32.8 Å². The molecule has 0 bridgehead atoms. The predicted octanol–water partition coefficient (Wildman–Crippen LogP) is 12.6. The van der Waals surface area contributed by atoms with E-state index in [9.17, 15) is 19.5 Å². The van der Waals surface area contributed by atoms with Gasteiger partial charge in [-0.05, 0) is 110 Å². The Bertz CT molecular complexity index is 837. The minimum Gasteiger partial charge on any atom is -0.466 e. The summed E-state index contributed by atoms with van der Waals surface area (Å²) in [6.45, 7) is 11.8. The van der Waals surface area contributed by atoms with Crippen LogP contribution >= 0.6 is 0 Å². The second-order valence-electron chi connectivity index (χ2n) is 16.4. The molecular weight excluding hydrogens is 691 g/mol. The van der Waals surface area contributed by atoms with Crippen LogP contribution < -0.4 is 0 Å². The van der Waals surface area contributed by atoms with E-state index in [2.05, 4.69) is 18.7 Å². The smallest absolute Gasteiger partial charge is 0.306 e. The van der Waals surface area contributed by atoms with E-state index < -0.39 is 0 Å². The van der Waals surface area contributed by atoms with Gasteiger partial charge < -0.3 is 24.2 Å². The van der Waals surface area contributed by atoms with E-state index in [1.807, 2.05) is 6.92 Å². The third-order valence-electron chi connectivity index (χ3n) is 10.8. The van der Waals surface area contributed by atoms with E-state index in [0.717, 1.165) is 135 Å². The Morgan fingerprint density at radius 3 is 1.40 bits per heavy atom. The summed E-state index contributed by atoms with van der Waals surface area (Å²) >= 11 is 0. The molecule has 0 aromatic rings. The zero-order valence-corrected chi connectivity index (χ0v) is 36.9. The van der Waals surface area contributed by atoms with Gasteiger partial charge in [-0.2, -0.15) is 0 Å². The third kappa shape index (κ3) is 40.3. The van der Waals surface area contributed by atoms with Crippen LogP contribution in [0.4, 0.5) is 0 Å². The molecule has 0 radical (unpaired) electrons. The first-order chi connectivity index (χ1) is 26.8. The lowest BCUT2D eigenvalue weighted by molar-refractivity contribution is -0.150. The SMILES string of the molecule is CCCCCCCCC(CCCCCCCC)OC(=O)CCCCCCCN(CCCCO)CCCCCC(=O)OC(C)CCCCCCCCOC(C)=O. The van der Waals surface area contributed by atoms with Crippen molar-refractivity contribution in [3.8, 4) is 0 Å². The highest BCUT2D eigenvalue weighted by molar-refractivity contribution is 5.69. The van der Waals surface area contributed by atoms with E-state index in [1.54, 1.807) is 0 Å². The normalized spacial score (nSPS) is 12.1. The van der Waals surface area contributed by atoms with Crippen LogP contribution in [0.5, 0.6) is 0 Å². The Morgan fingerprint density at radius 1 is 0.491 bits per heavy atom. The lowest BCUT2D eigenvalue weighted by atomic mass is 10.0. The van der Waals surface area contributed by atoms with Crippen molar-refractivity contribution < 1.29 is 33.7 Å². The number of carbonyl (C=O) groups is 3. The van der Waals surface area contributed by atoms with Crippen LogP contribution in [0.3, 0.4) is 0 Å². The molecule has 0 saturated carbocycles. The predicted molar refractivity (Wildman–Crippen MR) is 229 cm³/mol. The van der Waals surface area contributed by atoms with Crippen molar-refractivity contribution in [3.05, 3.63) is 0 Å². The number of aliphatic hydroxyl groups excluding tert-OH is 1. The highest BCUT2D eigenvalue weighted by atomic mass is 16.5. The number of rotatable bonds is 43. The van der Waals surface area contributed by atoms with Gasteiger partial charge in [-0.1, -0.05) is 129 Å². The molecule has 326 valence electrons. The monoisotopic (exact) mass is 782 g/mol. The number of unbranched alkanes of at least 4 members (excludes halogenated alkanes) is 22. The molecule has 0 heterocycles. The van der Waals surface area contributed by atoms with Crippen molar-refractivity contribution in [3.63, 3.8) is 0 Å². The van der Waals surface area contributed by atoms with Crippen LogP contribution in [-0.2, 0) is 28.6 Å². The lowest BCUT2D eigenvalue weighted by Gasteiger charge is -2.22. The molecule has 0 fully saturated rings. The number of hydrogen-bond acceptors (Lipinski definition) is 8. The van der Waals surface area contributed by atoms with Crippen LogP contribution in [-0.4, -0.2) is 73.0 Å². The number of hydrogen-bond donors (Lipinski definition) is 1. The summed E-state index contributed by atoms with van der Waals surface area (Å²) in [5.41, 5.74) is 0. The van der Waals surface area contributed by atoms with Crippen molar-refractivity contribution in [1.29, 1.82) is 0 Å². The minimum atomic E-state index is -0.206. The van der Waals surface area contributed by atoms with Crippen LogP contribution in [0.2, 0.25) is 0 Å². The van der Waals surface area contributed by atoms with E-state index in [1.165, 1.54) is 90.4 Å². The van der Waals surface area contributed by atoms with Gasteiger partial charge in [-0.3, -0.25) is 14.4 Å². The van der Waals surface area contributed by atoms with Crippen molar-refractivity contribution in [2.24, 2.45) is 0 Å². The second-order valence-corrected chi connectivity index (χ2v) is 16.4. The largest absolute Gasteiger partial charge is 0.466 e. The van der Waals surface area contributed by atoms with Crippen molar-refractivity contribution in [2.45, 2.75) is 252 Å². The van der Waals surface area contributed by atoms with Gasteiger partial charge in [-0.15, -0.1) is 0 Å². The van der Waals surface area contributed by atoms with Gasteiger partial charge in [-0.25, -0.2) is 0 Å². The molecule has 0 rings (SSSR count). The first-order valence-electron chi connectivity index (χ1n) is 23.7. The number of esters is 3. The Balaban J connectivity index is 4.16. The van der Waals surface area contributed by atoms with Crippen LogP contribution in [0, 0.1) is 0 Å². The molecular formula is C47H91NO7. The van der Waals surface area contributed by atoms with Crippen LogP contribution in [0.25, 0.3) is 0 Å². The molecule has 0 aliphatic rings. The first kappa shape index (κ1) is 53.3. The maximum atomic E-state index is 12.8. The highest BCUT2D eigenvalue weighted by Gasteiger charge is 2.15. The molecule has 1 unspecified atom stereocenters. The maximum Gasteiger partial charge on any atom is 0.306 e. The summed E-state index contributed by atoms with van der Waals surface area (Å²) in [7, 11) is 0. The summed E-state index contributed by atoms with van der Waals surface area (Å²) in [5.74, 6) is -0.276. The molecule has 1 N–H and O–H groups in total. The van der Waals surface area contributed by atoms with E-state index in [-0.39, 0.29) is 36.7 Å². The van der Waals surface area contributed by atoms with Gasteiger partial charge in [0.25, 0.3) is 0 Å². The van der Waals surface area contributed by atoms with Crippen molar-refractivity contribution >= 4 is 17.9 Å². The Labute approximate surface area is 340 Å². The zero-order chi connectivity index (χ0) is 40.5. The maximum absolute atomic E-state index is 12.8. The molecule has 0 aliphatic carbocycles. The van der Waals surface area contributed by atoms with Gasteiger partial charge >= 0.3 is 17.9 Å². The first-order valence-corrected chi connectivity index (χ1v) is 23.7. The molecule has 0 aromatic carbocycles. The zero-order valence-electron chi connectivity index (χ0n) is 36.9. The summed E-state index contributed by atoms with van der Waals surface area (Å²) in [6, 6.07) is 0. The summed E-state index contributed by atoms with van der Waals surface area (Å²) in [5, 5.41) is 9.29. The Morgan fingerprint density at radius 2 is 0.891 bits per heavy atom. The van der Waals surface area contributed by atoms with Crippen LogP contribution in [0.1, 0.15) is 240 Å². The topological polar surface area (TPSA) is 102 Å². The Hall–Kier alpha value is -1.67. The summed E-state index contributed by atoms with van der Waals surface area (Å²) in [4.78, 5) is 38.5. The molecule has 0 aliphatic heterocycles.